The summed E-state index contributed by atoms with van der Waals surface area (Å²) >= 11 is 0. The summed E-state index contributed by atoms with van der Waals surface area (Å²) in [6.45, 7) is 2.58. The van der Waals surface area contributed by atoms with E-state index in [4.69, 9.17) is 4.74 Å². The molecule has 0 heterocycles. The molecule has 0 saturated carbocycles. The second kappa shape index (κ2) is 10.7. The van der Waals surface area contributed by atoms with Crippen LogP contribution in [0.15, 0.2) is 30.4 Å². The van der Waals surface area contributed by atoms with Crippen molar-refractivity contribution in [2.75, 3.05) is 7.11 Å². The lowest BCUT2D eigenvalue weighted by molar-refractivity contribution is -0.121. The van der Waals surface area contributed by atoms with Crippen molar-refractivity contribution >= 4 is 5.91 Å². The molecular formula is C18H27NO3. The molecule has 4 heteroatoms. The third-order valence-electron chi connectivity index (χ3n) is 3.41. The normalized spacial score (nSPS) is 10.8. The summed E-state index contributed by atoms with van der Waals surface area (Å²) in [6, 6.07) is 5.08. The van der Waals surface area contributed by atoms with E-state index < -0.39 is 0 Å². The van der Waals surface area contributed by atoms with Gasteiger partial charge in [0.1, 0.15) is 0 Å². The van der Waals surface area contributed by atoms with Crippen LogP contribution in [0.3, 0.4) is 0 Å². The van der Waals surface area contributed by atoms with Crippen molar-refractivity contribution in [1.29, 1.82) is 0 Å². The van der Waals surface area contributed by atoms with Crippen LogP contribution < -0.4 is 10.1 Å². The maximum Gasteiger partial charge on any atom is 0.220 e. The summed E-state index contributed by atoms with van der Waals surface area (Å²) < 4.78 is 5.04. The Morgan fingerprint density at radius 2 is 2.09 bits per heavy atom. The van der Waals surface area contributed by atoms with Gasteiger partial charge < -0.3 is 15.2 Å². The van der Waals surface area contributed by atoms with Gasteiger partial charge in [0, 0.05) is 13.0 Å². The maximum absolute atomic E-state index is 11.8. The Morgan fingerprint density at radius 1 is 1.27 bits per heavy atom. The van der Waals surface area contributed by atoms with E-state index in [9.17, 15) is 9.90 Å². The molecule has 4 nitrogen and oxygen atoms in total. The zero-order valence-corrected chi connectivity index (χ0v) is 13.6. The van der Waals surface area contributed by atoms with Crippen molar-refractivity contribution in [2.24, 2.45) is 0 Å². The molecule has 0 radical (unpaired) electrons. The maximum atomic E-state index is 11.8. The number of methoxy groups -OCH3 is 1. The summed E-state index contributed by atoms with van der Waals surface area (Å²) in [7, 11) is 1.51. The molecule has 1 amide bonds. The SMILES string of the molecule is CCC=CCCCCCC(=O)NCc1ccc(O)c(OC)c1. The number of allylic oxidation sites excluding steroid dienone is 2. The zero-order chi connectivity index (χ0) is 16.2. The minimum Gasteiger partial charge on any atom is -0.504 e. The van der Waals surface area contributed by atoms with Crippen LogP contribution in [0.25, 0.3) is 0 Å². The van der Waals surface area contributed by atoms with E-state index in [1.807, 2.05) is 0 Å². The molecule has 0 aliphatic rings. The Morgan fingerprint density at radius 3 is 2.82 bits per heavy atom. The van der Waals surface area contributed by atoms with Gasteiger partial charge in [-0.15, -0.1) is 0 Å². The van der Waals surface area contributed by atoms with Crippen LogP contribution in [0.4, 0.5) is 0 Å². The summed E-state index contributed by atoms with van der Waals surface area (Å²) in [5, 5.41) is 12.4. The molecule has 0 fully saturated rings. The molecule has 0 unspecified atom stereocenters. The van der Waals surface area contributed by atoms with Gasteiger partial charge >= 0.3 is 0 Å². The fourth-order valence-electron chi connectivity index (χ4n) is 2.13. The average molecular weight is 305 g/mol. The monoisotopic (exact) mass is 305 g/mol. The third kappa shape index (κ3) is 7.16. The van der Waals surface area contributed by atoms with Gasteiger partial charge in [-0.2, -0.15) is 0 Å². The molecule has 0 aromatic heterocycles. The summed E-state index contributed by atoms with van der Waals surface area (Å²) in [4.78, 5) is 11.8. The molecule has 0 saturated heterocycles. The van der Waals surface area contributed by atoms with Crippen LogP contribution in [0.2, 0.25) is 0 Å². The Hall–Kier alpha value is -1.97. The Kier molecular flexibility index (Phi) is 8.80. The van der Waals surface area contributed by atoms with Crippen molar-refractivity contribution in [3.63, 3.8) is 0 Å². The van der Waals surface area contributed by atoms with E-state index >= 15 is 0 Å². The lowest BCUT2D eigenvalue weighted by atomic mass is 10.1. The van der Waals surface area contributed by atoms with Gasteiger partial charge in [0.25, 0.3) is 0 Å². The van der Waals surface area contributed by atoms with Gasteiger partial charge in [-0.1, -0.05) is 31.6 Å². The number of nitrogens with one attached hydrogen (secondary N) is 1. The van der Waals surface area contributed by atoms with Crippen LogP contribution in [0, 0.1) is 0 Å². The van der Waals surface area contributed by atoms with E-state index in [-0.39, 0.29) is 11.7 Å². The average Bonchev–Trinajstić information content (AvgIpc) is 2.53. The quantitative estimate of drug-likeness (QED) is 0.508. The number of hydrogen-bond donors (Lipinski definition) is 2. The Labute approximate surface area is 133 Å². The molecule has 122 valence electrons. The fraction of sp³-hybridized carbons (Fsp3) is 0.500. The fourth-order valence-corrected chi connectivity index (χ4v) is 2.13. The van der Waals surface area contributed by atoms with Crippen molar-refractivity contribution in [2.45, 2.75) is 52.0 Å². The molecule has 0 atom stereocenters. The van der Waals surface area contributed by atoms with Crippen LogP contribution in [-0.4, -0.2) is 18.1 Å². The number of unbranched alkanes of at least 4 members (excludes halogenated alkanes) is 3. The molecule has 0 spiro atoms. The molecule has 2 N–H and O–H groups in total. The minimum atomic E-state index is 0.0659. The Balaban J connectivity index is 2.19. The number of amides is 1. The second-order valence-electron chi connectivity index (χ2n) is 5.26. The lowest BCUT2D eigenvalue weighted by Gasteiger charge is -2.08. The number of hydrogen-bond acceptors (Lipinski definition) is 3. The molecule has 0 aliphatic carbocycles. The number of carbonyl (C=O) groups is 1. The highest BCUT2D eigenvalue weighted by atomic mass is 16.5. The first-order valence-corrected chi connectivity index (χ1v) is 7.95. The molecule has 1 aromatic rings. The number of phenolic OH excluding ortho intramolecular Hbond substituents is 1. The smallest absolute Gasteiger partial charge is 0.220 e. The molecule has 0 bridgehead atoms. The van der Waals surface area contributed by atoms with Crippen LogP contribution in [-0.2, 0) is 11.3 Å². The highest BCUT2D eigenvalue weighted by molar-refractivity contribution is 5.75. The number of ether oxygens (including phenoxy) is 1. The minimum absolute atomic E-state index is 0.0659. The number of benzene rings is 1. The van der Waals surface area contributed by atoms with Gasteiger partial charge in [-0.25, -0.2) is 0 Å². The van der Waals surface area contributed by atoms with E-state index in [1.165, 1.54) is 7.11 Å². The molecule has 1 rings (SSSR count). The number of rotatable bonds is 10. The highest BCUT2D eigenvalue weighted by Gasteiger charge is 2.05. The first kappa shape index (κ1) is 18.1. The van der Waals surface area contributed by atoms with Crippen LogP contribution in [0.5, 0.6) is 11.5 Å². The summed E-state index contributed by atoms with van der Waals surface area (Å²) in [5.41, 5.74) is 0.910. The summed E-state index contributed by atoms with van der Waals surface area (Å²) in [6.07, 6.45) is 10.3. The first-order valence-electron chi connectivity index (χ1n) is 7.95. The second-order valence-corrected chi connectivity index (χ2v) is 5.26. The predicted octanol–water partition coefficient (Wildman–Crippen LogP) is 3.93. The van der Waals surface area contributed by atoms with Crippen molar-refractivity contribution in [3.05, 3.63) is 35.9 Å². The first-order chi connectivity index (χ1) is 10.7. The number of carbonyl (C=O) groups excluding carboxylic acids is 1. The van der Waals surface area contributed by atoms with Gasteiger partial charge in [0.2, 0.25) is 5.91 Å². The van der Waals surface area contributed by atoms with Crippen LogP contribution >= 0.6 is 0 Å². The van der Waals surface area contributed by atoms with Crippen molar-refractivity contribution < 1.29 is 14.6 Å². The van der Waals surface area contributed by atoms with Gasteiger partial charge in [-0.05, 0) is 43.4 Å². The van der Waals surface area contributed by atoms with E-state index in [0.717, 1.165) is 37.7 Å². The molecular weight excluding hydrogens is 278 g/mol. The largest absolute Gasteiger partial charge is 0.504 e. The van der Waals surface area contributed by atoms with E-state index in [2.05, 4.69) is 24.4 Å². The standard InChI is InChI=1S/C18H27NO3/c1-3-4-5-6-7-8-9-10-18(21)19-14-15-11-12-16(20)17(13-15)22-2/h4-5,11-13,20H,3,6-10,14H2,1-2H3,(H,19,21). The third-order valence-corrected chi connectivity index (χ3v) is 3.41. The van der Waals surface area contributed by atoms with Crippen LogP contribution in [0.1, 0.15) is 51.0 Å². The van der Waals surface area contributed by atoms with Crippen molar-refractivity contribution in [1.82, 2.24) is 5.32 Å². The number of phenols is 1. The van der Waals surface area contributed by atoms with Gasteiger partial charge in [0.15, 0.2) is 11.5 Å². The topological polar surface area (TPSA) is 58.6 Å². The van der Waals surface area contributed by atoms with E-state index in [0.29, 0.717) is 18.7 Å². The van der Waals surface area contributed by atoms with E-state index in [1.54, 1.807) is 18.2 Å². The zero-order valence-electron chi connectivity index (χ0n) is 13.6. The predicted molar refractivity (Wildman–Crippen MR) is 89.0 cm³/mol. The summed E-state index contributed by atoms with van der Waals surface area (Å²) in [5.74, 6) is 0.595. The van der Waals surface area contributed by atoms with Gasteiger partial charge in [0.05, 0.1) is 7.11 Å². The molecule has 22 heavy (non-hydrogen) atoms. The van der Waals surface area contributed by atoms with Gasteiger partial charge in [-0.3, -0.25) is 4.79 Å². The molecule has 0 aliphatic heterocycles. The van der Waals surface area contributed by atoms with Crippen molar-refractivity contribution in [3.8, 4) is 11.5 Å². The molecule has 1 aromatic carbocycles. The number of aromatic hydroxyl groups is 1. The lowest BCUT2D eigenvalue weighted by Crippen LogP contribution is -2.22. The highest BCUT2D eigenvalue weighted by Crippen LogP contribution is 2.26. The Bertz CT molecular complexity index is 483.